The highest BCUT2D eigenvalue weighted by molar-refractivity contribution is 5.96. The highest BCUT2D eigenvalue weighted by Crippen LogP contribution is 2.41. The Morgan fingerprint density at radius 3 is 2.76 bits per heavy atom. The van der Waals surface area contributed by atoms with E-state index in [2.05, 4.69) is 28.2 Å². The van der Waals surface area contributed by atoms with Crippen molar-refractivity contribution in [2.24, 2.45) is 11.8 Å². The second-order valence-electron chi connectivity index (χ2n) is 9.16. The van der Waals surface area contributed by atoms with Gasteiger partial charge in [0.1, 0.15) is 34.2 Å². The van der Waals surface area contributed by atoms with Gasteiger partial charge in [-0.05, 0) is 30.4 Å². The number of carbonyl (C=O) groups is 1. The van der Waals surface area contributed by atoms with Crippen LogP contribution in [0.25, 0.3) is 11.0 Å². The van der Waals surface area contributed by atoms with Gasteiger partial charge < -0.3 is 19.5 Å². The van der Waals surface area contributed by atoms with Crippen LogP contribution < -0.4 is 20.5 Å². The molecular formula is C25H28N6O3. The van der Waals surface area contributed by atoms with Gasteiger partial charge in [0, 0.05) is 38.3 Å². The number of hydrogen-bond acceptors (Lipinski definition) is 7. The number of benzene rings is 1. The third-order valence-electron chi connectivity index (χ3n) is 6.93. The van der Waals surface area contributed by atoms with E-state index in [0.717, 1.165) is 38.4 Å². The minimum atomic E-state index is -0.299. The van der Waals surface area contributed by atoms with Crippen molar-refractivity contribution in [1.29, 1.82) is 5.26 Å². The molecule has 2 fully saturated rings. The molecule has 3 heterocycles. The maximum Gasteiger partial charge on any atom is 0.278 e. The predicted octanol–water partition coefficient (Wildman–Crippen LogP) is 2.03. The number of nitriles is 1. The first-order chi connectivity index (χ1) is 16.5. The lowest BCUT2D eigenvalue weighted by Crippen LogP contribution is -2.44. The van der Waals surface area contributed by atoms with Crippen molar-refractivity contribution >= 4 is 22.6 Å². The minimum absolute atomic E-state index is 0.134. The van der Waals surface area contributed by atoms with E-state index in [1.54, 1.807) is 31.4 Å². The summed E-state index contributed by atoms with van der Waals surface area (Å²) in [6, 6.07) is 9.19. The van der Waals surface area contributed by atoms with E-state index in [-0.39, 0.29) is 17.9 Å². The van der Waals surface area contributed by atoms with Crippen molar-refractivity contribution in [2.45, 2.75) is 26.4 Å². The van der Waals surface area contributed by atoms with Crippen LogP contribution >= 0.6 is 0 Å². The number of ether oxygens (including phenoxy) is 1. The zero-order valence-corrected chi connectivity index (χ0v) is 19.5. The van der Waals surface area contributed by atoms with Crippen molar-refractivity contribution in [2.75, 3.05) is 38.2 Å². The molecule has 1 saturated heterocycles. The fourth-order valence-corrected chi connectivity index (χ4v) is 4.78. The van der Waals surface area contributed by atoms with Crippen molar-refractivity contribution in [1.82, 2.24) is 19.4 Å². The molecule has 0 bridgehead atoms. The number of anilines is 1. The highest BCUT2D eigenvalue weighted by atomic mass is 16.5. The first-order valence-corrected chi connectivity index (χ1v) is 11.7. The van der Waals surface area contributed by atoms with Gasteiger partial charge in [-0.25, -0.2) is 4.98 Å². The monoisotopic (exact) mass is 460 g/mol. The summed E-state index contributed by atoms with van der Waals surface area (Å²) in [6.07, 6.45) is 2.49. The van der Waals surface area contributed by atoms with Crippen LogP contribution in [0.2, 0.25) is 0 Å². The molecule has 1 N–H and O–H groups in total. The molecule has 1 saturated carbocycles. The molecule has 9 nitrogen and oxygen atoms in total. The second kappa shape index (κ2) is 8.95. The molecule has 2 aromatic heterocycles. The number of rotatable bonds is 7. The van der Waals surface area contributed by atoms with Gasteiger partial charge in [-0.2, -0.15) is 5.26 Å². The predicted molar refractivity (Wildman–Crippen MR) is 128 cm³/mol. The summed E-state index contributed by atoms with van der Waals surface area (Å²) in [5.41, 5.74) is 1.43. The molecule has 176 valence electrons. The summed E-state index contributed by atoms with van der Waals surface area (Å²) in [5.74, 6) is 2.21. The average molecular weight is 461 g/mol. The summed E-state index contributed by atoms with van der Waals surface area (Å²) < 4.78 is 8.56. The van der Waals surface area contributed by atoms with Crippen LogP contribution in [0.3, 0.4) is 0 Å². The molecule has 1 aliphatic carbocycles. The van der Waals surface area contributed by atoms with Crippen LogP contribution in [0, 0.1) is 23.2 Å². The average Bonchev–Trinajstić information content (AvgIpc) is 3.46. The number of carbonyl (C=O) groups excluding carboxylic acids is 1. The Balaban J connectivity index is 1.60. The molecule has 1 unspecified atom stereocenters. The summed E-state index contributed by atoms with van der Waals surface area (Å²) >= 11 is 0. The Kier molecular flexibility index (Phi) is 5.84. The quantitative estimate of drug-likeness (QED) is 0.538. The summed E-state index contributed by atoms with van der Waals surface area (Å²) in [4.78, 5) is 33.3. The Morgan fingerprint density at radius 2 is 2.09 bits per heavy atom. The molecule has 0 spiro atoms. The lowest BCUT2D eigenvalue weighted by atomic mass is 10.1. The van der Waals surface area contributed by atoms with Crippen molar-refractivity contribution in [3.8, 4) is 11.8 Å². The molecule has 9 heteroatoms. The third kappa shape index (κ3) is 3.94. The van der Waals surface area contributed by atoms with E-state index >= 15 is 0 Å². The van der Waals surface area contributed by atoms with Crippen molar-refractivity contribution in [3.63, 3.8) is 0 Å². The van der Waals surface area contributed by atoms with Crippen LogP contribution in [0.1, 0.15) is 29.3 Å². The van der Waals surface area contributed by atoms with E-state index in [1.165, 1.54) is 10.9 Å². The Hall–Kier alpha value is -3.64. The van der Waals surface area contributed by atoms with Gasteiger partial charge in [-0.3, -0.25) is 14.2 Å². The number of fused-ring (bicyclic) bond motifs is 1. The number of Topliss-reactive ketones (excluding diaryl/α,β-unsaturated/α-hetero) is 1. The maximum absolute atomic E-state index is 13.7. The van der Waals surface area contributed by atoms with Crippen molar-refractivity contribution in [3.05, 3.63) is 52.1 Å². The number of nitrogens with one attached hydrogen (secondary N) is 1. The van der Waals surface area contributed by atoms with Crippen LogP contribution in [0.15, 0.2) is 35.4 Å². The fourth-order valence-electron chi connectivity index (χ4n) is 4.78. The Bertz CT molecular complexity index is 1350. The van der Waals surface area contributed by atoms with Gasteiger partial charge in [-0.15, -0.1) is 0 Å². The van der Waals surface area contributed by atoms with E-state index in [0.29, 0.717) is 46.3 Å². The molecule has 0 amide bonds. The Morgan fingerprint density at radius 1 is 1.32 bits per heavy atom. The normalized spacial score (nSPS) is 19.7. The molecule has 1 aliphatic heterocycles. The summed E-state index contributed by atoms with van der Waals surface area (Å²) in [7, 11) is 1.55. The van der Waals surface area contributed by atoms with Crippen LogP contribution in [0.4, 0.5) is 5.82 Å². The number of methoxy groups -OCH3 is 1. The molecule has 1 aromatic carbocycles. The van der Waals surface area contributed by atoms with E-state index in [4.69, 9.17) is 4.74 Å². The maximum atomic E-state index is 13.7. The number of hydrogen-bond donors (Lipinski definition) is 1. The van der Waals surface area contributed by atoms with E-state index < -0.39 is 0 Å². The van der Waals surface area contributed by atoms with Gasteiger partial charge in [0.15, 0.2) is 5.78 Å². The third-order valence-corrected chi connectivity index (χ3v) is 6.93. The summed E-state index contributed by atoms with van der Waals surface area (Å²) in [6.45, 7) is 5.89. The number of ketones is 1. The molecule has 3 aromatic rings. The van der Waals surface area contributed by atoms with Crippen LogP contribution in [0.5, 0.6) is 5.75 Å². The number of aromatic nitrogens is 3. The first-order valence-electron chi connectivity index (χ1n) is 11.7. The zero-order valence-electron chi connectivity index (χ0n) is 19.5. The molecule has 34 heavy (non-hydrogen) atoms. The van der Waals surface area contributed by atoms with Gasteiger partial charge >= 0.3 is 0 Å². The fraction of sp³-hybridized carbons (Fsp3) is 0.440. The smallest absolute Gasteiger partial charge is 0.278 e. The van der Waals surface area contributed by atoms with Gasteiger partial charge in [0.25, 0.3) is 5.56 Å². The van der Waals surface area contributed by atoms with E-state index in [9.17, 15) is 14.9 Å². The number of piperazine rings is 1. The van der Waals surface area contributed by atoms with Crippen LogP contribution in [-0.2, 0) is 13.1 Å². The van der Waals surface area contributed by atoms with Crippen LogP contribution in [-0.4, -0.2) is 53.2 Å². The van der Waals surface area contributed by atoms with Gasteiger partial charge in [-0.1, -0.05) is 19.1 Å². The lowest BCUT2D eigenvalue weighted by Gasteiger charge is -2.30. The molecule has 2 atom stereocenters. The topological polar surface area (TPSA) is 105 Å². The summed E-state index contributed by atoms with van der Waals surface area (Å²) in [5, 5.41) is 13.4. The highest BCUT2D eigenvalue weighted by Gasteiger charge is 2.36. The molecule has 2 aliphatic rings. The zero-order chi connectivity index (χ0) is 23.8. The molecular weight excluding hydrogens is 432 g/mol. The Labute approximate surface area is 197 Å². The molecule has 5 rings (SSSR count). The van der Waals surface area contributed by atoms with E-state index in [1.807, 2.05) is 4.57 Å². The van der Waals surface area contributed by atoms with Gasteiger partial charge in [0.05, 0.1) is 20.0 Å². The first kappa shape index (κ1) is 22.2. The SMILES string of the molecule is COc1cccc(C(=O)Cn2cnc3c(C#N)c(N4CCNCC4)n(C[C@@H]4CC4C)c3c2=O)c1. The van der Waals surface area contributed by atoms with Crippen molar-refractivity contribution < 1.29 is 9.53 Å². The van der Waals surface area contributed by atoms with Gasteiger partial charge in [0.2, 0.25) is 0 Å². The molecule has 0 radical (unpaired) electrons. The second-order valence-corrected chi connectivity index (χ2v) is 9.16. The minimum Gasteiger partial charge on any atom is -0.497 e. The lowest BCUT2D eigenvalue weighted by molar-refractivity contribution is 0.0970. The number of nitrogens with zero attached hydrogens (tertiary/aromatic N) is 5. The largest absolute Gasteiger partial charge is 0.497 e. The standard InChI is InChI=1S/C25H28N6O3/c1-16-10-18(16)13-31-23-22(20(12-26)24(31)29-8-6-27-7-9-29)28-15-30(25(23)33)14-21(32)17-4-3-5-19(11-17)34-2/h3-5,11,15-16,18,27H,6-10,13-14H2,1-2H3/t16?,18-/m0/s1.